The van der Waals surface area contributed by atoms with E-state index in [9.17, 15) is 5.11 Å². The number of methoxy groups -OCH3 is 1. The number of benzene rings is 2. The summed E-state index contributed by atoms with van der Waals surface area (Å²) in [6.07, 6.45) is 1.56. The molecule has 0 heterocycles. The van der Waals surface area contributed by atoms with Crippen LogP contribution in [0.2, 0.25) is 0 Å². The Kier molecular flexibility index (Phi) is 3.60. The van der Waals surface area contributed by atoms with Crippen molar-refractivity contribution in [3.8, 4) is 11.5 Å². The third-order valence-electron chi connectivity index (χ3n) is 4.14. The van der Waals surface area contributed by atoms with Crippen molar-refractivity contribution in [1.29, 1.82) is 0 Å². The maximum atomic E-state index is 11.2. The van der Waals surface area contributed by atoms with Crippen LogP contribution in [-0.2, 0) is 12.0 Å². The summed E-state index contributed by atoms with van der Waals surface area (Å²) in [4.78, 5) is 0. The number of aliphatic hydroxyl groups is 1. The van der Waals surface area contributed by atoms with Gasteiger partial charge in [0.15, 0.2) is 0 Å². The van der Waals surface area contributed by atoms with Crippen molar-refractivity contribution < 1.29 is 14.6 Å². The summed E-state index contributed by atoms with van der Waals surface area (Å²) in [5.41, 5.74) is 2.04. The van der Waals surface area contributed by atoms with Gasteiger partial charge in [0.25, 0.3) is 0 Å². The Labute approximate surface area is 125 Å². The molecule has 2 aromatic carbocycles. The van der Waals surface area contributed by atoms with Crippen LogP contribution in [0.4, 0.5) is 0 Å². The van der Waals surface area contributed by atoms with E-state index in [-0.39, 0.29) is 0 Å². The standard InChI is InChI=1S/C18H20O3/c1-3-21-16-6-4-5-14(11-16)18(19)10-9-13-7-8-15(20-2)12-17(13)18/h4-8,11-12,19H,3,9-10H2,1-2H3. The highest BCUT2D eigenvalue weighted by Crippen LogP contribution is 2.44. The van der Waals surface area contributed by atoms with E-state index in [2.05, 4.69) is 0 Å². The molecule has 0 amide bonds. The summed E-state index contributed by atoms with van der Waals surface area (Å²) in [5, 5.41) is 11.2. The fourth-order valence-electron chi connectivity index (χ4n) is 3.05. The molecular formula is C18H20O3. The second-order valence-corrected chi connectivity index (χ2v) is 5.34. The largest absolute Gasteiger partial charge is 0.497 e. The molecule has 1 unspecified atom stereocenters. The highest BCUT2D eigenvalue weighted by Gasteiger charge is 2.38. The van der Waals surface area contributed by atoms with Crippen molar-refractivity contribution in [2.45, 2.75) is 25.4 Å². The van der Waals surface area contributed by atoms with E-state index in [1.807, 2.05) is 49.4 Å². The minimum absolute atomic E-state index is 0.617. The fraction of sp³-hybridized carbons (Fsp3) is 0.333. The number of fused-ring (bicyclic) bond motifs is 1. The molecule has 3 nitrogen and oxygen atoms in total. The summed E-state index contributed by atoms with van der Waals surface area (Å²) in [5.74, 6) is 1.56. The Balaban J connectivity index is 2.05. The van der Waals surface area contributed by atoms with Gasteiger partial charge in [0.05, 0.1) is 13.7 Å². The maximum absolute atomic E-state index is 11.2. The van der Waals surface area contributed by atoms with Crippen molar-refractivity contribution in [3.05, 3.63) is 59.2 Å². The van der Waals surface area contributed by atoms with Gasteiger partial charge in [0.2, 0.25) is 0 Å². The molecule has 0 spiro atoms. The van der Waals surface area contributed by atoms with E-state index >= 15 is 0 Å². The van der Waals surface area contributed by atoms with Gasteiger partial charge in [0, 0.05) is 0 Å². The Bertz CT molecular complexity index is 651. The minimum atomic E-state index is -0.961. The Morgan fingerprint density at radius 1 is 1.14 bits per heavy atom. The second kappa shape index (κ2) is 5.41. The molecule has 3 heteroatoms. The van der Waals surface area contributed by atoms with Crippen molar-refractivity contribution in [2.24, 2.45) is 0 Å². The van der Waals surface area contributed by atoms with E-state index < -0.39 is 5.60 Å². The van der Waals surface area contributed by atoms with Gasteiger partial charge in [0.1, 0.15) is 17.1 Å². The topological polar surface area (TPSA) is 38.7 Å². The van der Waals surface area contributed by atoms with E-state index in [1.165, 1.54) is 5.56 Å². The van der Waals surface area contributed by atoms with Crippen molar-refractivity contribution in [3.63, 3.8) is 0 Å². The molecular weight excluding hydrogens is 264 g/mol. The molecule has 0 saturated carbocycles. The zero-order valence-electron chi connectivity index (χ0n) is 12.4. The van der Waals surface area contributed by atoms with Crippen LogP contribution in [0.1, 0.15) is 30.0 Å². The predicted molar refractivity (Wildman–Crippen MR) is 81.9 cm³/mol. The van der Waals surface area contributed by atoms with E-state index in [1.54, 1.807) is 7.11 Å². The summed E-state index contributed by atoms with van der Waals surface area (Å²) in [7, 11) is 1.64. The van der Waals surface area contributed by atoms with Crippen LogP contribution in [0.5, 0.6) is 11.5 Å². The number of hydrogen-bond donors (Lipinski definition) is 1. The van der Waals surface area contributed by atoms with Gasteiger partial charge < -0.3 is 14.6 Å². The zero-order chi connectivity index (χ0) is 14.9. The number of aryl methyl sites for hydroxylation is 1. The first-order chi connectivity index (χ1) is 10.2. The van der Waals surface area contributed by atoms with Crippen LogP contribution in [0, 0.1) is 0 Å². The van der Waals surface area contributed by atoms with Crippen LogP contribution >= 0.6 is 0 Å². The van der Waals surface area contributed by atoms with Crippen LogP contribution < -0.4 is 9.47 Å². The molecule has 2 aromatic rings. The monoisotopic (exact) mass is 284 g/mol. The van der Waals surface area contributed by atoms with Crippen LogP contribution in [0.3, 0.4) is 0 Å². The van der Waals surface area contributed by atoms with E-state index in [4.69, 9.17) is 9.47 Å². The highest BCUT2D eigenvalue weighted by molar-refractivity contribution is 5.49. The molecule has 0 aliphatic heterocycles. The van der Waals surface area contributed by atoms with Gasteiger partial charge in [-0.3, -0.25) is 0 Å². The van der Waals surface area contributed by atoms with Crippen molar-refractivity contribution in [1.82, 2.24) is 0 Å². The molecule has 1 aliphatic carbocycles. The third-order valence-corrected chi connectivity index (χ3v) is 4.14. The predicted octanol–water partition coefficient (Wildman–Crippen LogP) is 3.28. The van der Waals surface area contributed by atoms with E-state index in [0.29, 0.717) is 13.0 Å². The van der Waals surface area contributed by atoms with E-state index in [0.717, 1.165) is 29.0 Å². The average molecular weight is 284 g/mol. The lowest BCUT2D eigenvalue weighted by molar-refractivity contribution is 0.0824. The first kappa shape index (κ1) is 14.0. The smallest absolute Gasteiger partial charge is 0.119 e. The van der Waals surface area contributed by atoms with Crippen molar-refractivity contribution in [2.75, 3.05) is 13.7 Å². The normalized spacial score (nSPS) is 20.1. The lowest BCUT2D eigenvalue weighted by atomic mass is 9.87. The molecule has 0 aromatic heterocycles. The van der Waals surface area contributed by atoms with Crippen molar-refractivity contribution >= 4 is 0 Å². The summed E-state index contributed by atoms with van der Waals surface area (Å²) >= 11 is 0. The van der Waals surface area contributed by atoms with Gasteiger partial charge in [-0.1, -0.05) is 18.2 Å². The molecule has 1 N–H and O–H groups in total. The first-order valence-corrected chi connectivity index (χ1v) is 7.30. The molecule has 0 bridgehead atoms. The summed E-state index contributed by atoms with van der Waals surface area (Å²) in [6, 6.07) is 13.7. The lowest BCUT2D eigenvalue weighted by Gasteiger charge is -2.25. The molecule has 0 fully saturated rings. The average Bonchev–Trinajstić information content (AvgIpc) is 2.86. The molecule has 1 atom stereocenters. The van der Waals surface area contributed by atoms with Gasteiger partial charge in [-0.25, -0.2) is 0 Å². The second-order valence-electron chi connectivity index (χ2n) is 5.34. The zero-order valence-corrected chi connectivity index (χ0v) is 12.4. The van der Waals surface area contributed by atoms with Gasteiger partial charge in [-0.2, -0.15) is 0 Å². The number of hydrogen-bond acceptors (Lipinski definition) is 3. The van der Waals surface area contributed by atoms with Crippen LogP contribution in [0.15, 0.2) is 42.5 Å². The molecule has 110 valence electrons. The van der Waals surface area contributed by atoms with Gasteiger partial charge >= 0.3 is 0 Å². The highest BCUT2D eigenvalue weighted by atomic mass is 16.5. The Hall–Kier alpha value is -2.00. The third kappa shape index (κ3) is 2.38. The molecule has 1 aliphatic rings. The minimum Gasteiger partial charge on any atom is -0.497 e. The number of rotatable bonds is 4. The Morgan fingerprint density at radius 3 is 2.76 bits per heavy atom. The Morgan fingerprint density at radius 2 is 2.00 bits per heavy atom. The number of ether oxygens (including phenoxy) is 2. The van der Waals surface area contributed by atoms with Crippen LogP contribution in [0.25, 0.3) is 0 Å². The molecule has 3 rings (SSSR count). The fourth-order valence-corrected chi connectivity index (χ4v) is 3.05. The van der Waals surface area contributed by atoms with Crippen LogP contribution in [-0.4, -0.2) is 18.8 Å². The summed E-state index contributed by atoms with van der Waals surface area (Å²) < 4.78 is 10.8. The first-order valence-electron chi connectivity index (χ1n) is 7.30. The van der Waals surface area contributed by atoms with Gasteiger partial charge in [-0.05, 0) is 60.7 Å². The lowest BCUT2D eigenvalue weighted by Crippen LogP contribution is -2.23. The molecule has 0 saturated heterocycles. The summed E-state index contributed by atoms with van der Waals surface area (Å²) in [6.45, 7) is 2.57. The maximum Gasteiger partial charge on any atom is 0.119 e. The van der Waals surface area contributed by atoms with Gasteiger partial charge in [-0.15, -0.1) is 0 Å². The SMILES string of the molecule is CCOc1cccc(C2(O)CCc3ccc(OC)cc32)c1. The molecule has 0 radical (unpaired) electrons. The molecule has 21 heavy (non-hydrogen) atoms. The quantitative estimate of drug-likeness (QED) is 0.936.